The van der Waals surface area contributed by atoms with Crippen LogP contribution in [0, 0.1) is 0 Å². The highest BCUT2D eigenvalue weighted by molar-refractivity contribution is 5.89. The molecule has 4 aromatic rings. The first-order valence-corrected chi connectivity index (χ1v) is 10.2. The molecule has 0 amide bonds. The maximum Gasteiger partial charge on any atom is 0.519 e. The minimum atomic E-state index is -0.988. The third-order valence-corrected chi connectivity index (χ3v) is 5.04. The van der Waals surface area contributed by atoms with Gasteiger partial charge in [-0.2, -0.15) is 0 Å². The van der Waals surface area contributed by atoms with Gasteiger partial charge in [0.2, 0.25) is 0 Å². The Kier molecular flexibility index (Phi) is 6.36. The lowest BCUT2D eigenvalue weighted by Gasteiger charge is -2.08. The zero-order valence-corrected chi connectivity index (χ0v) is 17.7. The molecule has 0 bridgehead atoms. The summed E-state index contributed by atoms with van der Waals surface area (Å²) >= 11 is 0. The van der Waals surface area contributed by atoms with E-state index in [4.69, 9.17) is 19.7 Å². The number of rotatable bonds is 6. The third kappa shape index (κ3) is 5.28. The third-order valence-electron chi connectivity index (χ3n) is 5.04. The molecule has 168 valence electrons. The highest BCUT2D eigenvalue weighted by atomic mass is 16.7. The van der Waals surface area contributed by atoms with E-state index in [0.29, 0.717) is 11.5 Å². The fourth-order valence-electron chi connectivity index (χ4n) is 3.25. The number of carbonyl (C=O) groups is 3. The molecule has 0 aliphatic heterocycles. The van der Waals surface area contributed by atoms with Gasteiger partial charge in [-0.05, 0) is 70.8 Å². The van der Waals surface area contributed by atoms with Crippen LogP contribution in [0.25, 0.3) is 22.3 Å². The normalized spacial score (nSPS) is 10.4. The van der Waals surface area contributed by atoms with Crippen molar-refractivity contribution in [2.75, 3.05) is 0 Å². The number of carbonyl (C=O) groups excluding carboxylic acids is 1. The first kappa shape index (κ1) is 22.3. The first-order chi connectivity index (χ1) is 16.4. The van der Waals surface area contributed by atoms with Crippen molar-refractivity contribution in [2.24, 2.45) is 0 Å². The second kappa shape index (κ2) is 9.70. The Morgan fingerprint density at radius 3 is 0.971 bits per heavy atom. The standard InChI is InChI=1S/C27H18O7/c28-25(29)21-5-1-17(2-6-21)19-9-13-23(14-10-19)33-27(32)34-24-15-11-20(12-16-24)18-3-7-22(8-4-18)26(30)31/h1-16H,(H,28,29)(H,30,31). The average Bonchev–Trinajstić information content (AvgIpc) is 2.85. The molecule has 0 spiro atoms. The summed E-state index contributed by atoms with van der Waals surface area (Å²) in [4.78, 5) is 34.1. The fourth-order valence-corrected chi connectivity index (χ4v) is 3.25. The largest absolute Gasteiger partial charge is 0.519 e. The van der Waals surface area contributed by atoms with Gasteiger partial charge in [-0.3, -0.25) is 0 Å². The van der Waals surface area contributed by atoms with Crippen LogP contribution in [0.15, 0.2) is 97.1 Å². The van der Waals surface area contributed by atoms with Crippen LogP contribution in [0.1, 0.15) is 20.7 Å². The minimum Gasteiger partial charge on any atom is -0.478 e. The highest BCUT2D eigenvalue weighted by Gasteiger charge is 2.10. The summed E-state index contributed by atoms with van der Waals surface area (Å²) in [5.41, 5.74) is 3.74. The van der Waals surface area contributed by atoms with Gasteiger partial charge in [-0.25, -0.2) is 14.4 Å². The summed E-state index contributed by atoms with van der Waals surface area (Å²) in [6, 6.07) is 26.4. The van der Waals surface area contributed by atoms with Crippen LogP contribution in [0.4, 0.5) is 4.79 Å². The molecule has 0 atom stereocenters. The molecule has 0 radical (unpaired) electrons. The van der Waals surface area contributed by atoms with Crippen molar-refractivity contribution in [2.45, 2.75) is 0 Å². The predicted molar refractivity (Wildman–Crippen MR) is 124 cm³/mol. The Morgan fingerprint density at radius 2 is 0.706 bits per heavy atom. The Balaban J connectivity index is 1.36. The number of hydrogen-bond donors (Lipinski definition) is 2. The molecule has 7 heteroatoms. The van der Waals surface area contributed by atoms with Crippen LogP contribution >= 0.6 is 0 Å². The molecule has 0 unspecified atom stereocenters. The summed E-state index contributed by atoms with van der Waals surface area (Å²) in [5, 5.41) is 18.0. The van der Waals surface area contributed by atoms with Gasteiger partial charge in [0.25, 0.3) is 0 Å². The molecular weight excluding hydrogens is 436 g/mol. The molecule has 34 heavy (non-hydrogen) atoms. The molecule has 2 N–H and O–H groups in total. The van der Waals surface area contributed by atoms with Crippen LogP contribution in [0.3, 0.4) is 0 Å². The number of benzene rings is 4. The molecular formula is C27H18O7. The zero-order valence-electron chi connectivity index (χ0n) is 17.7. The second-order valence-corrected chi connectivity index (χ2v) is 7.27. The molecule has 0 saturated heterocycles. The molecule has 0 fully saturated rings. The predicted octanol–water partition coefficient (Wildman–Crippen LogP) is 5.99. The Bertz CT molecular complexity index is 1220. The molecule has 0 saturated carbocycles. The van der Waals surface area contributed by atoms with Crippen molar-refractivity contribution < 1.29 is 34.1 Å². The summed E-state index contributed by atoms with van der Waals surface area (Å²) in [6.07, 6.45) is -0.892. The molecule has 0 aromatic heterocycles. The molecule has 7 nitrogen and oxygen atoms in total. The van der Waals surface area contributed by atoms with E-state index in [-0.39, 0.29) is 11.1 Å². The van der Waals surface area contributed by atoms with Crippen molar-refractivity contribution in [1.82, 2.24) is 0 Å². The van der Waals surface area contributed by atoms with Gasteiger partial charge < -0.3 is 19.7 Å². The van der Waals surface area contributed by atoms with Crippen LogP contribution < -0.4 is 9.47 Å². The maximum absolute atomic E-state index is 12.1. The highest BCUT2D eigenvalue weighted by Crippen LogP contribution is 2.25. The van der Waals surface area contributed by atoms with Gasteiger partial charge in [0.1, 0.15) is 11.5 Å². The monoisotopic (exact) mass is 454 g/mol. The smallest absolute Gasteiger partial charge is 0.478 e. The summed E-state index contributed by atoms with van der Waals surface area (Å²) in [5.74, 6) is -1.38. The van der Waals surface area contributed by atoms with Crippen molar-refractivity contribution >= 4 is 18.1 Å². The number of carboxylic acids is 2. The zero-order chi connectivity index (χ0) is 24.1. The fraction of sp³-hybridized carbons (Fsp3) is 0. The number of ether oxygens (including phenoxy) is 2. The van der Waals surface area contributed by atoms with Crippen molar-refractivity contribution in [1.29, 1.82) is 0 Å². The van der Waals surface area contributed by atoms with E-state index < -0.39 is 18.1 Å². The van der Waals surface area contributed by atoms with Gasteiger partial charge in [0.15, 0.2) is 0 Å². The van der Waals surface area contributed by atoms with Crippen LogP contribution in [-0.4, -0.2) is 28.3 Å². The second-order valence-electron chi connectivity index (χ2n) is 7.27. The quantitative estimate of drug-likeness (QED) is 0.272. The van der Waals surface area contributed by atoms with Crippen LogP contribution in [0.5, 0.6) is 11.5 Å². The molecule has 4 rings (SSSR count). The summed E-state index contributed by atoms with van der Waals surface area (Å²) in [7, 11) is 0. The van der Waals surface area contributed by atoms with Crippen molar-refractivity contribution in [3.8, 4) is 33.8 Å². The molecule has 0 aliphatic carbocycles. The lowest BCUT2D eigenvalue weighted by atomic mass is 10.0. The Morgan fingerprint density at radius 1 is 0.441 bits per heavy atom. The molecule has 0 aliphatic rings. The Labute approximate surface area is 194 Å². The van der Waals surface area contributed by atoms with Gasteiger partial charge in [0, 0.05) is 0 Å². The van der Waals surface area contributed by atoms with E-state index in [2.05, 4.69) is 0 Å². The van der Waals surface area contributed by atoms with Gasteiger partial charge in [-0.15, -0.1) is 0 Å². The SMILES string of the molecule is O=C(Oc1ccc(-c2ccc(C(=O)O)cc2)cc1)Oc1ccc(-c2ccc(C(=O)O)cc2)cc1. The van der Waals surface area contributed by atoms with Gasteiger partial charge >= 0.3 is 18.1 Å². The van der Waals surface area contributed by atoms with Crippen LogP contribution in [0.2, 0.25) is 0 Å². The van der Waals surface area contributed by atoms with E-state index in [0.717, 1.165) is 22.3 Å². The van der Waals surface area contributed by atoms with E-state index in [9.17, 15) is 14.4 Å². The topological polar surface area (TPSA) is 110 Å². The minimum absolute atomic E-state index is 0.204. The first-order valence-electron chi connectivity index (χ1n) is 10.2. The average molecular weight is 454 g/mol. The summed E-state index contributed by atoms with van der Waals surface area (Å²) < 4.78 is 10.4. The van der Waals surface area contributed by atoms with Gasteiger partial charge in [0.05, 0.1) is 11.1 Å². The maximum atomic E-state index is 12.1. The molecule has 0 heterocycles. The van der Waals surface area contributed by atoms with E-state index in [1.54, 1.807) is 72.8 Å². The summed E-state index contributed by atoms with van der Waals surface area (Å²) in [6.45, 7) is 0. The van der Waals surface area contributed by atoms with Gasteiger partial charge in [-0.1, -0.05) is 48.5 Å². The van der Waals surface area contributed by atoms with Crippen molar-refractivity contribution in [3.05, 3.63) is 108 Å². The molecule has 4 aromatic carbocycles. The lowest BCUT2D eigenvalue weighted by Crippen LogP contribution is -2.13. The lowest BCUT2D eigenvalue weighted by molar-refractivity contribution is 0.0686. The van der Waals surface area contributed by atoms with E-state index >= 15 is 0 Å². The van der Waals surface area contributed by atoms with E-state index in [1.807, 2.05) is 0 Å². The number of carboxylic acid groups (broad SMARTS) is 2. The number of hydrogen-bond acceptors (Lipinski definition) is 5. The number of aromatic carboxylic acids is 2. The Hall–Kier alpha value is -4.91. The van der Waals surface area contributed by atoms with E-state index in [1.165, 1.54) is 24.3 Å². The van der Waals surface area contributed by atoms with Crippen LogP contribution in [-0.2, 0) is 0 Å². The van der Waals surface area contributed by atoms with Crippen molar-refractivity contribution in [3.63, 3.8) is 0 Å².